The van der Waals surface area contributed by atoms with Gasteiger partial charge in [-0.2, -0.15) is 0 Å². The molecule has 1 N–H and O–H groups in total. The second-order valence-corrected chi connectivity index (χ2v) is 6.42. The van der Waals surface area contributed by atoms with Crippen molar-refractivity contribution in [3.63, 3.8) is 0 Å². The molecule has 0 aromatic heterocycles. The predicted molar refractivity (Wildman–Crippen MR) is 76.1 cm³/mol. The van der Waals surface area contributed by atoms with Crippen molar-refractivity contribution in [2.45, 2.75) is 18.2 Å². The zero-order valence-electron chi connectivity index (χ0n) is 11.9. The number of rotatable bonds is 7. The molecule has 0 aliphatic rings. The Bertz CT molecular complexity index is 513. The van der Waals surface area contributed by atoms with Crippen molar-refractivity contribution in [3.8, 4) is 5.75 Å². The fourth-order valence-corrected chi connectivity index (χ4v) is 3.03. The van der Waals surface area contributed by atoms with Gasteiger partial charge >= 0.3 is 0 Å². The van der Waals surface area contributed by atoms with Crippen LogP contribution in [0.25, 0.3) is 0 Å². The molecule has 0 atom stereocenters. The van der Waals surface area contributed by atoms with Gasteiger partial charge in [0, 0.05) is 6.54 Å². The molecule has 6 heteroatoms. The van der Waals surface area contributed by atoms with Crippen LogP contribution in [0, 0.1) is 6.92 Å². The van der Waals surface area contributed by atoms with Crippen molar-refractivity contribution < 1.29 is 13.2 Å². The lowest BCUT2D eigenvalue weighted by atomic mass is 10.2. The summed E-state index contributed by atoms with van der Waals surface area (Å²) < 4.78 is 31.9. The number of hydrogen-bond donors (Lipinski definition) is 1. The van der Waals surface area contributed by atoms with Gasteiger partial charge in [0.2, 0.25) is 10.0 Å². The molecule has 0 radical (unpaired) electrons. The van der Waals surface area contributed by atoms with E-state index in [1.165, 1.54) is 0 Å². The Morgan fingerprint density at radius 1 is 1.32 bits per heavy atom. The predicted octanol–water partition coefficient (Wildman–Crippen LogP) is 1.23. The molecule has 0 bridgehead atoms. The van der Waals surface area contributed by atoms with E-state index in [0.29, 0.717) is 22.8 Å². The van der Waals surface area contributed by atoms with E-state index >= 15 is 0 Å². The molecule has 0 fully saturated rings. The molecule has 0 unspecified atom stereocenters. The minimum absolute atomic E-state index is 0.304. The van der Waals surface area contributed by atoms with Gasteiger partial charge in [0.1, 0.15) is 5.75 Å². The molecule has 0 aliphatic heterocycles. The molecular formula is C13H22N2O3S. The molecule has 0 aliphatic carbocycles. The summed E-state index contributed by atoms with van der Waals surface area (Å²) in [6.07, 6.45) is 0.779. The van der Waals surface area contributed by atoms with Crippen molar-refractivity contribution in [2.75, 3.05) is 34.3 Å². The number of sulfonamides is 1. The average molecular weight is 286 g/mol. The van der Waals surface area contributed by atoms with E-state index in [0.717, 1.165) is 13.0 Å². The largest absolute Gasteiger partial charge is 0.497 e. The first kappa shape index (κ1) is 15.9. The van der Waals surface area contributed by atoms with Gasteiger partial charge in [-0.25, -0.2) is 13.1 Å². The van der Waals surface area contributed by atoms with Gasteiger partial charge in [-0.05, 0) is 57.7 Å². The average Bonchev–Trinajstić information content (AvgIpc) is 2.34. The minimum atomic E-state index is -3.44. The number of benzene rings is 1. The summed E-state index contributed by atoms with van der Waals surface area (Å²) in [6, 6.07) is 4.94. The van der Waals surface area contributed by atoms with E-state index in [4.69, 9.17) is 4.74 Å². The van der Waals surface area contributed by atoms with E-state index in [-0.39, 0.29) is 0 Å². The van der Waals surface area contributed by atoms with Crippen LogP contribution < -0.4 is 9.46 Å². The van der Waals surface area contributed by atoms with Crippen molar-refractivity contribution in [1.29, 1.82) is 0 Å². The summed E-state index contributed by atoms with van der Waals surface area (Å²) in [5, 5.41) is 0. The van der Waals surface area contributed by atoms with E-state index < -0.39 is 10.0 Å². The standard InChI is InChI=1S/C13H22N2O3S/c1-11-10-12(18-4)6-7-13(11)19(16,17)14-8-5-9-15(2)3/h6-7,10,14H,5,8-9H2,1-4H3. The number of methoxy groups -OCH3 is 1. The lowest BCUT2D eigenvalue weighted by Crippen LogP contribution is -2.27. The highest BCUT2D eigenvalue weighted by molar-refractivity contribution is 7.89. The molecule has 108 valence electrons. The maximum absolute atomic E-state index is 12.1. The van der Waals surface area contributed by atoms with E-state index in [9.17, 15) is 8.42 Å². The summed E-state index contributed by atoms with van der Waals surface area (Å²) in [7, 11) is 2.04. The molecule has 0 amide bonds. The highest BCUT2D eigenvalue weighted by Gasteiger charge is 2.16. The van der Waals surface area contributed by atoms with Gasteiger partial charge in [-0.15, -0.1) is 0 Å². The third-order valence-corrected chi connectivity index (χ3v) is 4.37. The molecule has 1 rings (SSSR count). The molecular weight excluding hydrogens is 264 g/mol. The third kappa shape index (κ3) is 4.81. The topological polar surface area (TPSA) is 58.6 Å². The number of nitrogens with one attached hydrogen (secondary N) is 1. The third-order valence-electron chi connectivity index (χ3n) is 2.75. The normalized spacial score (nSPS) is 11.8. The molecule has 5 nitrogen and oxygen atoms in total. The minimum Gasteiger partial charge on any atom is -0.497 e. The van der Waals surface area contributed by atoms with Gasteiger partial charge in [-0.1, -0.05) is 0 Å². The van der Waals surface area contributed by atoms with Gasteiger partial charge in [0.25, 0.3) is 0 Å². The lowest BCUT2D eigenvalue weighted by molar-refractivity contribution is 0.400. The molecule has 0 heterocycles. The fraction of sp³-hybridized carbons (Fsp3) is 0.538. The van der Waals surface area contributed by atoms with E-state index in [1.54, 1.807) is 32.2 Å². The van der Waals surface area contributed by atoms with Crippen molar-refractivity contribution in [3.05, 3.63) is 23.8 Å². The maximum Gasteiger partial charge on any atom is 0.240 e. The summed E-state index contributed by atoms with van der Waals surface area (Å²) in [5.74, 6) is 0.657. The van der Waals surface area contributed by atoms with Crippen LogP contribution in [0.15, 0.2) is 23.1 Å². The van der Waals surface area contributed by atoms with Crippen LogP contribution in [0.1, 0.15) is 12.0 Å². The van der Waals surface area contributed by atoms with Crippen LogP contribution in [0.5, 0.6) is 5.75 Å². The summed E-state index contributed by atoms with van der Waals surface area (Å²) in [4.78, 5) is 2.32. The molecule has 19 heavy (non-hydrogen) atoms. The van der Waals surface area contributed by atoms with Crippen molar-refractivity contribution in [1.82, 2.24) is 9.62 Å². The van der Waals surface area contributed by atoms with E-state index in [1.807, 2.05) is 19.0 Å². The van der Waals surface area contributed by atoms with E-state index in [2.05, 4.69) is 4.72 Å². The first-order valence-corrected chi connectivity index (χ1v) is 7.64. The van der Waals surface area contributed by atoms with Gasteiger partial charge < -0.3 is 9.64 Å². The smallest absolute Gasteiger partial charge is 0.240 e. The highest BCUT2D eigenvalue weighted by Crippen LogP contribution is 2.20. The summed E-state index contributed by atoms with van der Waals surface area (Å²) in [6.45, 7) is 3.05. The molecule has 0 saturated heterocycles. The Labute approximate surface area is 115 Å². The Kier molecular flexibility index (Phi) is 5.78. The number of aryl methyl sites for hydroxylation is 1. The Morgan fingerprint density at radius 3 is 2.53 bits per heavy atom. The molecule has 0 saturated carbocycles. The maximum atomic E-state index is 12.1. The lowest BCUT2D eigenvalue weighted by Gasteiger charge is -2.12. The molecule has 1 aromatic carbocycles. The van der Waals surface area contributed by atoms with Crippen LogP contribution in [0.2, 0.25) is 0 Å². The summed E-state index contributed by atoms with van der Waals surface area (Å²) >= 11 is 0. The second-order valence-electron chi connectivity index (χ2n) is 4.69. The van der Waals surface area contributed by atoms with Crippen molar-refractivity contribution in [2.24, 2.45) is 0 Å². The molecule has 1 aromatic rings. The second kappa shape index (κ2) is 6.88. The first-order chi connectivity index (χ1) is 8.86. The zero-order valence-corrected chi connectivity index (χ0v) is 12.8. The SMILES string of the molecule is COc1ccc(S(=O)(=O)NCCCN(C)C)c(C)c1. The number of hydrogen-bond acceptors (Lipinski definition) is 4. The van der Waals surface area contributed by atoms with Crippen LogP contribution in [-0.4, -0.2) is 47.6 Å². The number of ether oxygens (including phenoxy) is 1. The Hall–Kier alpha value is -1.11. The summed E-state index contributed by atoms with van der Waals surface area (Å²) in [5.41, 5.74) is 0.680. The molecule has 0 spiro atoms. The van der Waals surface area contributed by atoms with Gasteiger partial charge in [0.05, 0.1) is 12.0 Å². The highest BCUT2D eigenvalue weighted by atomic mass is 32.2. The monoisotopic (exact) mass is 286 g/mol. The number of nitrogens with zero attached hydrogens (tertiary/aromatic N) is 1. The Morgan fingerprint density at radius 2 is 2.00 bits per heavy atom. The fourth-order valence-electron chi connectivity index (χ4n) is 1.73. The Balaban J connectivity index is 2.72. The quantitative estimate of drug-likeness (QED) is 0.766. The van der Waals surface area contributed by atoms with Gasteiger partial charge in [-0.3, -0.25) is 0 Å². The van der Waals surface area contributed by atoms with Crippen molar-refractivity contribution >= 4 is 10.0 Å². The zero-order chi connectivity index (χ0) is 14.5. The first-order valence-electron chi connectivity index (χ1n) is 6.16. The van der Waals surface area contributed by atoms with Crippen LogP contribution in [-0.2, 0) is 10.0 Å². The van der Waals surface area contributed by atoms with Crippen LogP contribution >= 0.6 is 0 Å². The van der Waals surface area contributed by atoms with Crippen LogP contribution in [0.3, 0.4) is 0 Å². The van der Waals surface area contributed by atoms with Crippen LogP contribution in [0.4, 0.5) is 0 Å². The van der Waals surface area contributed by atoms with Gasteiger partial charge in [0.15, 0.2) is 0 Å².